The first-order valence-corrected chi connectivity index (χ1v) is 7.44. The highest BCUT2D eigenvalue weighted by Gasteiger charge is 2.15. The van der Waals surface area contributed by atoms with Crippen molar-refractivity contribution in [2.75, 3.05) is 30.0 Å². The molecule has 0 atom stereocenters. The van der Waals surface area contributed by atoms with Crippen LogP contribution in [0.1, 0.15) is 23.0 Å². The molecule has 1 amide bonds. The Labute approximate surface area is 127 Å². The molecule has 0 aliphatic rings. The summed E-state index contributed by atoms with van der Waals surface area (Å²) in [7, 11) is 1.73. The first kappa shape index (κ1) is 15.1. The number of hydrogen-bond acceptors (Lipinski definition) is 6. The fraction of sp³-hybridized carbons (Fsp3) is 0.286. The predicted octanol–water partition coefficient (Wildman–Crippen LogP) is 2.81. The number of nitrogens with zero attached hydrogens (tertiary/aromatic N) is 1. The van der Waals surface area contributed by atoms with Gasteiger partial charge in [-0.3, -0.25) is 4.79 Å². The second kappa shape index (κ2) is 6.94. The van der Waals surface area contributed by atoms with Crippen molar-refractivity contribution >= 4 is 33.9 Å². The van der Waals surface area contributed by atoms with E-state index in [1.807, 2.05) is 19.1 Å². The average Bonchev–Trinajstić information content (AvgIpc) is 2.88. The van der Waals surface area contributed by atoms with Crippen molar-refractivity contribution in [3.05, 3.63) is 29.1 Å². The van der Waals surface area contributed by atoms with Gasteiger partial charge in [0.05, 0.1) is 6.61 Å². The Morgan fingerprint density at radius 1 is 1.38 bits per heavy atom. The van der Waals surface area contributed by atoms with E-state index in [-0.39, 0.29) is 11.7 Å². The van der Waals surface area contributed by atoms with Gasteiger partial charge in [0.15, 0.2) is 5.13 Å². The highest BCUT2D eigenvalue weighted by molar-refractivity contribution is 7.18. The number of amides is 1. The van der Waals surface area contributed by atoms with Crippen molar-refractivity contribution in [3.63, 3.8) is 0 Å². The van der Waals surface area contributed by atoms with Crippen LogP contribution in [0.25, 0.3) is 0 Å². The molecule has 1 aromatic heterocycles. The average molecular weight is 306 g/mol. The number of ether oxygens (including phenoxy) is 1. The zero-order valence-electron chi connectivity index (χ0n) is 12.0. The van der Waals surface area contributed by atoms with Gasteiger partial charge in [0, 0.05) is 12.7 Å². The quantitative estimate of drug-likeness (QED) is 0.763. The number of nitrogens with two attached hydrogens (primary N) is 1. The first-order chi connectivity index (χ1) is 10.1. The maximum Gasteiger partial charge on any atom is 0.269 e. The van der Waals surface area contributed by atoms with Gasteiger partial charge in [-0.25, -0.2) is 4.98 Å². The molecule has 0 aliphatic heterocycles. The SMILES string of the molecule is CCCOc1ccc(NC(=O)c2sc(NC)nc2N)cc1. The van der Waals surface area contributed by atoms with E-state index >= 15 is 0 Å². The molecule has 1 aromatic carbocycles. The topological polar surface area (TPSA) is 89.3 Å². The molecule has 112 valence electrons. The lowest BCUT2D eigenvalue weighted by Gasteiger charge is -2.07. The number of nitrogens with one attached hydrogen (secondary N) is 2. The van der Waals surface area contributed by atoms with E-state index in [4.69, 9.17) is 10.5 Å². The van der Waals surface area contributed by atoms with Gasteiger partial charge in [-0.2, -0.15) is 0 Å². The van der Waals surface area contributed by atoms with E-state index < -0.39 is 0 Å². The van der Waals surface area contributed by atoms with Crippen LogP contribution in [0.5, 0.6) is 5.75 Å². The number of thiazole rings is 1. The molecular weight excluding hydrogens is 288 g/mol. The summed E-state index contributed by atoms with van der Waals surface area (Å²) >= 11 is 1.22. The lowest BCUT2D eigenvalue weighted by molar-refractivity contribution is 0.103. The third-order valence-corrected chi connectivity index (χ3v) is 3.75. The normalized spacial score (nSPS) is 10.2. The number of aromatic nitrogens is 1. The molecule has 0 unspecified atom stereocenters. The van der Waals surface area contributed by atoms with Crippen LogP contribution < -0.4 is 21.1 Å². The maximum absolute atomic E-state index is 12.1. The predicted molar refractivity (Wildman–Crippen MR) is 86.3 cm³/mol. The largest absolute Gasteiger partial charge is 0.494 e. The summed E-state index contributed by atoms with van der Waals surface area (Å²) in [6.07, 6.45) is 0.955. The van der Waals surface area contributed by atoms with E-state index in [2.05, 4.69) is 15.6 Å². The smallest absolute Gasteiger partial charge is 0.269 e. The van der Waals surface area contributed by atoms with Crippen molar-refractivity contribution in [1.82, 2.24) is 4.98 Å². The molecule has 0 aliphatic carbocycles. The lowest BCUT2D eigenvalue weighted by Crippen LogP contribution is -2.12. The number of carbonyl (C=O) groups is 1. The van der Waals surface area contributed by atoms with Crippen molar-refractivity contribution in [3.8, 4) is 5.75 Å². The van der Waals surface area contributed by atoms with E-state index in [1.165, 1.54) is 11.3 Å². The van der Waals surface area contributed by atoms with Crippen LogP contribution in [0.2, 0.25) is 0 Å². The van der Waals surface area contributed by atoms with Crippen LogP contribution >= 0.6 is 11.3 Å². The van der Waals surface area contributed by atoms with Gasteiger partial charge in [0.2, 0.25) is 0 Å². The molecule has 0 saturated carbocycles. The highest BCUT2D eigenvalue weighted by atomic mass is 32.1. The molecule has 1 heterocycles. The Morgan fingerprint density at radius 2 is 2.10 bits per heavy atom. The fourth-order valence-corrected chi connectivity index (χ4v) is 2.38. The van der Waals surface area contributed by atoms with Crippen molar-refractivity contribution in [2.45, 2.75) is 13.3 Å². The fourth-order valence-electron chi connectivity index (χ4n) is 1.64. The summed E-state index contributed by atoms with van der Waals surface area (Å²) in [5.41, 5.74) is 6.41. The Kier molecular flexibility index (Phi) is 4.99. The van der Waals surface area contributed by atoms with E-state index in [9.17, 15) is 4.79 Å². The van der Waals surface area contributed by atoms with Crippen molar-refractivity contribution in [1.29, 1.82) is 0 Å². The molecule has 2 aromatic rings. The molecule has 0 saturated heterocycles. The summed E-state index contributed by atoms with van der Waals surface area (Å²) in [6.45, 7) is 2.73. The second-order valence-electron chi connectivity index (χ2n) is 4.31. The number of nitrogen functional groups attached to an aromatic ring is 1. The first-order valence-electron chi connectivity index (χ1n) is 6.62. The molecule has 0 bridgehead atoms. The van der Waals surface area contributed by atoms with Crippen LogP contribution in [0.15, 0.2) is 24.3 Å². The molecule has 0 fully saturated rings. The summed E-state index contributed by atoms with van der Waals surface area (Å²) in [5, 5.41) is 6.26. The van der Waals surface area contributed by atoms with Gasteiger partial charge in [-0.1, -0.05) is 18.3 Å². The van der Waals surface area contributed by atoms with Crippen LogP contribution in [0.3, 0.4) is 0 Å². The minimum Gasteiger partial charge on any atom is -0.494 e. The Hall–Kier alpha value is -2.28. The van der Waals surface area contributed by atoms with Gasteiger partial charge >= 0.3 is 0 Å². The van der Waals surface area contributed by atoms with E-state index in [0.717, 1.165) is 12.2 Å². The molecule has 6 nitrogen and oxygen atoms in total. The number of rotatable bonds is 6. The molecule has 0 radical (unpaired) electrons. The monoisotopic (exact) mass is 306 g/mol. The Morgan fingerprint density at radius 3 is 2.67 bits per heavy atom. The van der Waals surface area contributed by atoms with Crippen molar-refractivity contribution < 1.29 is 9.53 Å². The minimum atomic E-state index is -0.270. The van der Waals surface area contributed by atoms with Crippen LogP contribution in [-0.2, 0) is 0 Å². The zero-order valence-corrected chi connectivity index (χ0v) is 12.8. The van der Waals surface area contributed by atoms with Gasteiger partial charge in [0.25, 0.3) is 5.91 Å². The highest BCUT2D eigenvalue weighted by Crippen LogP contribution is 2.25. The number of carbonyl (C=O) groups excluding carboxylic acids is 1. The molecule has 7 heteroatoms. The van der Waals surface area contributed by atoms with E-state index in [1.54, 1.807) is 19.2 Å². The van der Waals surface area contributed by atoms with Crippen molar-refractivity contribution in [2.24, 2.45) is 0 Å². The summed E-state index contributed by atoms with van der Waals surface area (Å²) < 4.78 is 5.49. The maximum atomic E-state index is 12.1. The minimum absolute atomic E-state index is 0.227. The molecule has 2 rings (SSSR count). The Bertz CT molecular complexity index is 610. The van der Waals surface area contributed by atoms with Gasteiger partial charge in [-0.05, 0) is 30.7 Å². The molecule has 21 heavy (non-hydrogen) atoms. The second-order valence-corrected chi connectivity index (χ2v) is 5.31. The number of anilines is 3. The zero-order chi connectivity index (χ0) is 15.2. The summed E-state index contributed by atoms with van der Waals surface area (Å²) in [5.74, 6) is 0.739. The van der Waals surface area contributed by atoms with Gasteiger partial charge in [0.1, 0.15) is 16.4 Å². The van der Waals surface area contributed by atoms with Gasteiger partial charge < -0.3 is 21.1 Å². The molecule has 0 spiro atoms. The standard InChI is InChI=1S/C14H18N4O2S/c1-3-8-20-10-6-4-9(5-7-10)17-13(19)11-12(15)18-14(16-2)21-11/h4-7H,3,8,15H2,1-2H3,(H,16,18)(H,17,19). The van der Waals surface area contributed by atoms with Crippen LogP contribution in [0.4, 0.5) is 16.6 Å². The Balaban J connectivity index is 2.03. The van der Waals surface area contributed by atoms with E-state index in [0.29, 0.717) is 22.3 Å². The lowest BCUT2D eigenvalue weighted by atomic mass is 10.3. The third kappa shape index (κ3) is 3.85. The van der Waals surface area contributed by atoms with Gasteiger partial charge in [-0.15, -0.1) is 0 Å². The van der Waals surface area contributed by atoms with Crippen LogP contribution in [-0.4, -0.2) is 24.5 Å². The third-order valence-electron chi connectivity index (χ3n) is 2.66. The summed E-state index contributed by atoms with van der Waals surface area (Å²) in [4.78, 5) is 16.6. The summed E-state index contributed by atoms with van der Waals surface area (Å²) in [6, 6.07) is 7.22. The molecule has 4 N–H and O–H groups in total. The van der Waals surface area contributed by atoms with Crippen LogP contribution in [0, 0.1) is 0 Å². The molecular formula is C14H18N4O2S. The number of benzene rings is 1. The number of hydrogen-bond donors (Lipinski definition) is 3.